The first-order chi connectivity index (χ1) is 14.9. The number of hydrogen-bond donors (Lipinski definition) is 3. The Hall–Kier alpha value is -3.01. The van der Waals surface area contributed by atoms with E-state index in [1.54, 1.807) is 6.07 Å². The van der Waals surface area contributed by atoms with Crippen LogP contribution in [0, 0.1) is 17.8 Å². The fraction of sp³-hybridized carbons (Fsp3) is 0.370. The molecule has 3 aromatic carbocycles. The van der Waals surface area contributed by atoms with Gasteiger partial charge in [0.1, 0.15) is 17.1 Å². The molecular weight excluding hydrogens is 388 g/mol. The Bertz CT molecular complexity index is 1190. The Morgan fingerprint density at radius 3 is 1.97 bits per heavy atom. The maximum absolute atomic E-state index is 11.2. The van der Waals surface area contributed by atoms with E-state index in [9.17, 15) is 15.0 Å². The average Bonchev–Trinajstić information content (AvgIpc) is 2.71. The molecule has 0 aliphatic heterocycles. The predicted molar refractivity (Wildman–Crippen MR) is 120 cm³/mol. The zero-order chi connectivity index (χ0) is 21.3. The number of aromatic hydroxyl groups is 2. The monoisotopic (exact) mass is 414 g/mol. The van der Waals surface area contributed by atoms with E-state index in [2.05, 4.69) is 12.1 Å². The molecule has 4 fully saturated rings. The van der Waals surface area contributed by atoms with E-state index in [1.165, 1.54) is 50.7 Å². The van der Waals surface area contributed by atoms with Gasteiger partial charge in [-0.15, -0.1) is 0 Å². The molecule has 31 heavy (non-hydrogen) atoms. The summed E-state index contributed by atoms with van der Waals surface area (Å²) in [5, 5.41) is 32.3. The third-order valence-electron chi connectivity index (χ3n) is 8.13. The van der Waals surface area contributed by atoms with E-state index in [1.807, 2.05) is 18.2 Å². The zero-order valence-electron chi connectivity index (χ0n) is 17.3. The molecule has 0 amide bonds. The molecular formula is C27H26O4. The third kappa shape index (κ3) is 2.92. The van der Waals surface area contributed by atoms with Gasteiger partial charge in [0.15, 0.2) is 0 Å². The Labute approximate surface area is 181 Å². The van der Waals surface area contributed by atoms with Crippen molar-refractivity contribution in [1.82, 2.24) is 0 Å². The highest BCUT2D eigenvalue weighted by Crippen LogP contribution is 2.62. The molecule has 4 aliphatic rings. The lowest BCUT2D eigenvalue weighted by molar-refractivity contribution is -0.00606. The SMILES string of the molecule is O=C(O)c1ccc(-c2ccc3cc(O)c(C45CC6CC(CC(C6)C4)C5)cc3c2)cc1O. The van der Waals surface area contributed by atoms with Crippen LogP contribution in [0.25, 0.3) is 21.9 Å². The molecule has 4 heteroatoms. The van der Waals surface area contributed by atoms with E-state index in [4.69, 9.17) is 5.11 Å². The van der Waals surface area contributed by atoms with Gasteiger partial charge in [-0.25, -0.2) is 4.79 Å². The highest BCUT2D eigenvalue weighted by Gasteiger charge is 2.52. The van der Waals surface area contributed by atoms with Crippen LogP contribution in [0.5, 0.6) is 11.5 Å². The number of rotatable bonds is 3. The molecule has 0 unspecified atom stereocenters. The largest absolute Gasteiger partial charge is 0.508 e. The van der Waals surface area contributed by atoms with Crippen molar-refractivity contribution in [1.29, 1.82) is 0 Å². The van der Waals surface area contributed by atoms with Gasteiger partial charge < -0.3 is 15.3 Å². The molecule has 7 rings (SSSR count). The Morgan fingerprint density at radius 1 is 0.742 bits per heavy atom. The van der Waals surface area contributed by atoms with Crippen LogP contribution < -0.4 is 0 Å². The van der Waals surface area contributed by atoms with Crippen LogP contribution in [0.1, 0.15) is 54.4 Å². The number of aromatic carboxylic acids is 1. The summed E-state index contributed by atoms with van der Waals surface area (Å²) in [7, 11) is 0. The number of phenolic OH excluding ortho intramolecular Hbond substituents is 1. The van der Waals surface area contributed by atoms with E-state index < -0.39 is 5.97 Å². The first-order valence-electron chi connectivity index (χ1n) is 11.2. The van der Waals surface area contributed by atoms with Crippen molar-refractivity contribution in [3.05, 3.63) is 59.7 Å². The van der Waals surface area contributed by atoms with E-state index in [0.717, 1.165) is 45.2 Å². The molecule has 0 aromatic heterocycles. The standard InChI is InChI=1S/C27H26O4/c28-24-10-19(3-4-22(24)26(30)31)18-1-2-20-11-25(29)23(9-21(20)8-18)27-12-15-5-16(13-27)7-17(6-15)14-27/h1-4,8-11,15-17,28-29H,5-7,12-14H2,(H,30,31). The van der Waals surface area contributed by atoms with Crippen LogP contribution >= 0.6 is 0 Å². The van der Waals surface area contributed by atoms with Gasteiger partial charge in [-0.1, -0.05) is 18.2 Å². The minimum atomic E-state index is -1.14. The Kier molecular flexibility index (Phi) is 3.92. The summed E-state index contributed by atoms with van der Waals surface area (Å²) in [6.45, 7) is 0. The molecule has 0 atom stereocenters. The van der Waals surface area contributed by atoms with Crippen molar-refractivity contribution in [3.8, 4) is 22.6 Å². The summed E-state index contributed by atoms with van der Waals surface area (Å²) >= 11 is 0. The van der Waals surface area contributed by atoms with Crippen LogP contribution in [0.15, 0.2) is 48.5 Å². The molecule has 4 nitrogen and oxygen atoms in total. The summed E-state index contributed by atoms with van der Waals surface area (Å²) in [5.41, 5.74) is 2.82. The van der Waals surface area contributed by atoms with Gasteiger partial charge in [0, 0.05) is 5.56 Å². The van der Waals surface area contributed by atoms with Gasteiger partial charge in [0.2, 0.25) is 0 Å². The second-order valence-corrected chi connectivity index (χ2v) is 10.2. The van der Waals surface area contributed by atoms with Crippen LogP contribution in [0.4, 0.5) is 0 Å². The van der Waals surface area contributed by atoms with Gasteiger partial charge in [0.25, 0.3) is 0 Å². The normalized spacial score (nSPS) is 28.8. The lowest BCUT2D eigenvalue weighted by atomic mass is 9.48. The fourth-order valence-electron chi connectivity index (χ4n) is 7.22. The fourth-order valence-corrected chi connectivity index (χ4v) is 7.22. The number of carboxylic acids is 1. The lowest BCUT2D eigenvalue weighted by Gasteiger charge is -2.57. The van der Waals surface area contributed by atoms with Crippen molar-refractivity contribution in [2.24, 2.45) is 17.8 Å². The van der Waals surface area contributed by atoms with Crippen molar-refractivity contribution in [2.45, 2.75) is 43.9 Å². The van der Waals surface area contributed by atoms with Crippen LogP contribution in [0.3, 0.4) is 0 Å². The highest BCUT2D eigenvalue weighted by molar-refractivity contribution is 5.93. The van der Waals surface area contributed by atoms with E-state index in [-0.39, 0.29) is 16.7 Å². The summed E-state index contributed by atoms with van der Waals surface area (Å²) in [6.07, 6.45) is 7.70. The molecule has 4 aliphatic carbocycles. The minimum absolute atomic E-state index is 0.0986. The summed E-state index contributed by atoms with van der Waals surface area (Å²) < 4.78 is 0. The average molecular weight is 415 g/mol. The number of phenols is 2. The number of hydrogen-bond acceptors (Lipinski definition) is 3. The molecule has 4 bridgehead atoms. The van der Waals surface area contributed by atoms with Gasteiger partial charge in [-0.05, 0) is 114 Å². The van der Waals surface area contributed by atoms with Crippen molar-refractivity contribution < 1.29 is 20.1 Å². The summed E-state index contributed by atoms with van der Waals surface area (Å²) in [4.78, 5) is 11.2. The molecule has 0 radical (unpaired) electrons. The first-order valence-corrected chi connectivity index (χ1v) is 11.2. The Balaban J connectivity index is 1.44. The van der Waals surface area contributed by atoms with Crippen LogP contribution in [-0.2, 0) is 5.41 Å². The maximum atomic E-state index is 11.2. The van der Waals surface area contributed by atoms with Crippen molar-refractivity contribution >= 4 is 16.7 Å². The number of carbonyl (C=O) groups is 1. The van der Waals surface area contributed by atoms with Crippen LogP contribution in [0.2, 0.25) is 0 Å². The number of fused-ring (bicyclic) bond motifs is 1. The van der Waals surface area contributed by atoms with Crippen LogP contribution in [-0.4, -0.2) is 21.3 Å². The second-order valence-electron chi connectivity index (χ2n) is 10.2. The van der Waals surface area contributed by atoms with E-state index in [0.29, 0.717) is 5.75 Å². The molecule has 3 aromatic rings. The molecule has 0 spiro atoms. The van der Waals surface area contributed by atoms with Crippen molar-refractivity contribution in [2.75, 3.05) is 0 Å². The molecule has 3 N–H and O–H groups in total. The Morgan fingerprint density at radius 2 is 1.35 bits per heavy atom. The molecule has 0 heterocycles. The van der Waals surface area contributed by atoms with Gasteiger partial charge in [0.05, 0.1) is 0 Å². The summed E-state index contributed by atoms with van der Waals surface area (Å²) in [5.74, 6) is 1.48. The zero-order valence-corrected chi connectivity index (χ0v) is 17.3. The quantitative estimate of drug-likeness (QED) is 0.485. The second kappa shape index (κ2) is 6.49. The summed E-state index contributed by atoms with van der Waals surface area (Å²) in [6, 6.07) is 14.8. The van der Waals surface area contributed by atoms with Crippen molar-refractivity contribution in [3.63, 3.8) is 0 Å². The first kappa shape index (κ1) is 18.7. The highest BCUT2D eigenvalue weighted by atomic mass is 16.4. The molecule has 158 valence electrons. The topological polar surface area (TPSA) is 77.8 Å². The third-order valence-corrected chi connectivity index (χ3v) is 8.13. The molecule has 0 saturated heterocycles. The lowest BCUT2D eigenvalue weighted by Crippen LogP contribution is -2.48. The van der Waals surface area contributed by atoms with Gasteiger partial charge in [-0.3, -0.25) is 0 Å². The maximum Gasteiger partial charge on any atom is 0.339 e. The number of benzene rings is 3. The smallest absolute Gasteiger partial charge is 0.339 e. The number of carboxylic acid groups (broad SMARTS) is 1. The van der Waals surface area contributed by atoms with E-state index >= 15 is 0 Å². The van der Waals surface area contributed by atoms with Gasteiger partial charge >= 0.3 is 5.97 Å². The van der Waals surface area contributed by atoms with Gasteiger partial charge in [-0.2, -0.15) is 0 Å². The molecule has 4 saturated carbocycles. The predicted octanol–water partition coefficient (Wildman–Crippen LogP) is 6.08. The minimum Gasteiger partial charge on any atom is -0.508 e.